The van der Waals surface area contributed by atoms with Gasteiger partial charge >= 0.3 is 0 Å². The Morgan fingerprint density at radius 3 is 2.20 bits per heavy atom. The molecule has 132 valence electrons. The number of phenols is 1. The summed E-state index contributed by atoms with van der Waals surface area (Å²) in [6.45, 7) is 1.19. The lowest BCUT2D eigenvalue weighted by Gasteiger charge is -2.19. The van der Waals surface area contributed by atoms with E-state index in [1.54, 1.807) is 53.0 Å². The number of aliphatic imine (C=N–C) groups is 1. The lowest BCUT2D eigenvalue weighted by molar-refractivity contribution is 0.424. The van der Waals surface area contributed by atoms with Crippen molar-refractivity contribution in [2.75, 3.05) is 13.1 Å². The first-order valence-electron chi connectivity index (χ1n) is 8.50. The van der Waals surface area contributed by atoms with Gasteiger partial charge in [-0.3, -0.25) is 4.99 Å². The van der Waals surface area contributed by atoms with Crippen molar-refractivity contribution in [2.45, 2.75) is 30.6 Å². The Morgan fingerprint density at radius 1 is 0.920 bits per heavy atom. The molecule has 3 rings (SSSR count). The Kier molecular flexibility index (Phi) is 5.50. The average Bonchev–Trinajstić information content (AvgIpc) is 2.91. The van der Waals surface area contributed by atoms with Gasteiger partial charge in [-0.25, -0.2) is 8.42 Å². The number of para-hydroxylation sites is 1. The molecule has 1 fully saturated rings. The highest BCUT2D eigenvalue weighted by molar-refractivity contribution is 7.89. The first-order chi connectivity index (χ1) is 12.1. The van der Waals surface area contributed by atoms with Crippen LogP contribution in [0.3, 0.4) is 0 Å². The Balaban J connectivity index is 1.76. The summed E-state index contributed by atoms with van der Waals surface area (Å²) in [5.41, 5.74) is 1.25. The van der Waals surface area contributed by atoms with Crippen molar-refractivity contribution in [3.63, 3.8) is 0 Å². The molecule has 5 nitrogen and oxygen atoms in total. The van der Waals surface area contributed by atoms with Gasteiger partial charge in [-0.05, 0) is 49.2 Å². The Bertz CT molecular complexity index is 837. The molecule has 1 aliphatic rings. The number of benzene rings is 2. The first-order valence-corrected chi connectivity index (χ1v) is 9.94. The van der Waals surface area contributed by atoms with Crippen LogP contribution < -0.4 is 0 Å². The quantitative estimate of drug-likeness (QED) is 0.847. The third-order valence-corrected chi connectivity index (χ3v) is 6.24. The molecule has 0 saturated carbocycles. The zero-order valence-corrected chi connectivity index (χ0v) is 14.8. The summed E-state index contributed by atoms with van der Waals surface area (Å²) in [6.07, 6.45) is 5.58. The van der Waals surface area contributed by atoms with Gasteiger partial charge in [0.05, 0.1) is 10.6 Å². The number of sulfonamides is 1. The van der Waals surface area contributed by atoms with E-state index in [9.17, 15) is 13.5 Å². The first kappa shape index (κ1) is 17.6. The summed E-state index contributed by atoms with van der Waals surface area (Å²) < 4.78 is 27.0. The van der Waals surface area contributed by atoms with Crippen LogP contribution in [-0.2, 0) is 10.0 Å². The van der Waals surface area contributed by atoms with Crippen LogP contribution in [-0.4, -0.2) is 37.1 Å². The number of phenolic OH excluding ortho intramolecular Hbond substituents is 1. The molecule has 0 unspecified atom stereocenters. The van der Waals surface area contributed by atoms with Gasteiger partial charge in [-0.15, -0.1) is 0 Å². The zero-order chi connectivity index (χ0) is 17.7. The molecule has 0 aliphatic carbocycles. The van der Waals surface area contributed by atoms with E-state index in [0.717, 1.165) is 25.7 Å². The van der Waals surface area contributed by atoms with E-state index in [1.165, 1.54) is 0 Å². The predicted molar refractivity (Wildman–Crippen MR) is 99.0 cm³/mol. The van der Waals surface area contributed by atoms with Crippen LogP contribution >= 0.6 is 0 Å². The van der Waals surface area contributed by atoms with Gasteiger partial charge in [0.25, 0.3) is 0 Å². The number of aromatic hydroxyl groups is 1. The third-order valence-electron chi connectivity index (χ3n) is 4.33. The summed E-state index contributed by atoms with van der Waals surface area (Å²) in [7, 11) is -3.43. The second-order valence-corrected chi connectivity index (χ2v) is 8.07. The van der Waals surface area contributed by atoms with E-state index in [0.29, 0.717) is 29.2 Å². The standard InChI is InChI=1S/C19H22N2O3S/c22-19-8-4-3-7-16(19)15-20-17-9-11-18(12-10-17)25(23,24)21-13-5-1-2-6-14-21/h3-4,7-12,15,22H,1-2,5-6,13-14H2. The van der Waals surface area contributed by atoms with E-state index >= 15 is 0 Å². The molecule has 0 atom stereocenters. The van der Waals surface area contributed by atoms with Crippen LogP contribution in [0.4, 0.5) is 5.69 Å². The molecule has 1 aliphatic heterocycles. The molecule has 0 radical (unpaired) electrons. The van der Waals surface area contributed by atoms with E-state index in [4.69, 9.17) is 0 Å². The van der Waals surface area contributed by atoms with E-state index < -0.39 is 10.0 Å². The maximum absolute atomic E-state index is 12.7. The molecule has 2 aromatic carbocycles. The van der Waals surface area contributed by atoms with Crippen LogP contribution in [0.25, 0.3) is 0 Å². The Morgan fingerprint density at radius 2 is 1.56 bits per heavy atom. The van der Waals surface area contributed by atoms with E-state index in [2.05, 4.69) is 4.99 Å². The van der Waals surface area contributed by atoms with Crippen molar-refractivity contribution in [1.82, 2.24) is 4.31 Å². The highest BCUT2D eigenvalue weighted by Crippen LogP contribution is 2.23. The van der Waals surface area contributed by atoms with Crippen LogP contribution in [0.1, 0.15) is 31.2 Å². The van der Waals surface area contributed by atoms with E-state index in [-0.39, 0.29) is 5.75 Å². The minimum Gasteiger partial charge on any atom is -0.507 e. The SMILES string of the molecule is O=S(=O)(c1ccc(N=Cc2ccccc2O)cc1)N1CCCCCC1. The predicted octanol–water partition coefficient (Wildman–Crippen LogP) is 3.71. The van der Waals surface area contributed by atoms with Crippen LogP contribution in [0.5, 0.6) is 5.75 Å². The fourth-order valence-electron chi connectivity index (χ4n) is 2.88. The number of rotatable bonds is 4. The van der Waals surface area contributed by atoms with Crippen molar-refractivity contribution in [2.24, 2.45) is 4.99 Å². The summed E-state index contributed by atoms with van der Waals surface area (Å²) in [4.78, 5) is 4.60. The van der Waals surface area contributed by atoms with Gasteiger partial charge in [0.2, 0.25) is 10.0 Å². The molecule has 1 saturated heterocycles. The van der Waals surface area contributed by atoms with Crippen LogP contribution in [0, 0.1) is 0 Å². The summed E-state index contributed by atoms with van der Waals surface area (Å²) in [6, 6.07) is 13.5. The molecule has 0 bridgehead atoms. The Labute approximate surface area is 148 Å². The fourth-order valence-corrected chi connectivity index (χ4v) is 4.39. The summed E-state index contributed by atoms with van der Waals surface area (Å²) >= 11 is 0. The number of hydrogen-bond donors (Lipinski definition) is 1. The maximum Gasteiger partial charge on any atom is 0.243 e. The lowest BCUT2D eigenvalue weighted by Crippen LogP contribution is -2.31. The molecular formula is C19H22N2O3S. The normalized spacial score (nSPS) is 16.8. The summed E-state index contributed by atoms with van der Waals surface area (Å²) in [5, 5.41) is 9.73. The maximum atomic E-state index is 12.7. The summed E-state index contributed by atoms with van der Waals surface area (Å²) in [5.74, 6) is 0.159. The minimum atomic E-state index is -3.43. The second-order valence-electron chi connectivity index (χ2n) is 6.13. The molecule has 1 N–H and O–H groups in total. The van der Waals surface area contributed by atoms with Gasteiger partial charge in [0.15, 0.2) is 0 Å². The minimum absolute atomic E-state index is 0.159. The third kappa shape index (κ3) is 4.27. The van der Waals surface area contributed by atoms with Crippen molar-refractivity contribution in [1.29, 1.82) is 0 Å². The monoisotopic (exact) mass is 358 g/mol. The number of hydrogen-bond acceptors (Lipinski definition) is 4. The fraction of sp³-hybridized carbons (Fsp3) is 0.316. The largest absolute Gasteiger partial charge is 0.507 e. The van der Waals surface area contributed by atoms with E-state index in [1.807, 2.05) is 6.07 Å². The topological polar surface area (TPSA) is 70.0 Å². The van der Waals surface area contributed by atoms with Gasteiger partial charge in [0.1, 0.15) is 5.75 Å². The Hall–Kier alpha value is -2.18. The van der Waals surface area contributed by atoms with Crippen LogP contribution in [0.2, 0.25) is 0 Å². The molecular weight excluding hydrogens is 336 g/mol. The zero-order valence-electron chi connectivity index (χ0n) is 14.0. The molecule has 0 spiro atoms. The smallest absolute Gasteiger partial charge is 0.243 e. The van der Waals surface area contributed by atoms with Crippen molar-refractivity contribution >= 4 is 21.9 Å². The van der Waals surface area contributed by atoms with Crippen molar-refractivity contribution in [3.8, 4) is 5.75 Å². The van der Waals surface area contributed by atoms with Crippen molar-refractivity contribution < 1.29 is 13.5 Å². The number of nitrogens with zero attached hydrogens (tertiary/aromatic N) is 2. The molecule has 25 heavy (non-hydrogen) atoms. The van der Waals surface area contributed by atoms with Crippen LogP contribution in [0.15, 0.2) is 58.4 Å². The van der Waals surface area contributed by atoms with Crippen molar-refractivity contribution in [3.05, 3.63) is 54.1 Å². The molecule has 1 heterocycles. The van der Waals surface area contributed by atoms with Gasteiger partial charge in [-0.2, -0.15) is 4.31 Å². The lowest BCUT2D eigenvalue weighted by atomic mass is 10.2. The highest BCUT2D eigenvalue weighted by Gasteiger charge is 2.24. The molecule has 0 amide bonds. The van der Waals surface area contributed by atoms with Gasteiger partial charge < -0.3 is 5.11 Å². The van der Waals surface area contributed by atoms with Gasteiger partial charge in [0, 0.05) is 24.9 Å². The molecule has 6 heteroatoms. The second kappa shape index (κ2) is 7.80. The average molecular weight is 358 g/mol. The highest BCUT2D eigenvalue weighted by atomic mass is 32.2. The molecule has 2 aromatic rings. The molecule has 0 aromatic heterocycles. The van der Waals surface area contributed by atoms with Gasteiger partial charge in [-0.1, -0.05) is 25.0 Å².